The van der Waals surface area contributed by atoms with E-state index in [1.54, 1.807) is 30.1 Å². The summed E-state index contributed by atoms with van der Waals surface area (Å²) in [6.07, 6.45) is 2.49. The quantitative estimate of drug-likeness (QED) is 0.494. The van der Waals surface area contributed by atoms with Gasteiger partial charge in [-0.15, -0.1) is 11.3 Å². The zero-order valence-corrected chi connectivity index (χ0v) is 19.9. The van der Waals surface area contributed by atoms with E-state index in [0.717, 1.165) is 27.1 Å². The van der Waals surface area contributed by atoms with Crippen LogP contribution in [0, 0.1) is 6.92 Å². The lowest BCUT2D eigenvalue weighted by Gasteiger charge is -2.45. The first kappa shape index (κ1) is 22.5. The second-order valence-electron chi connectivity index (χ2n) is 9.27. The molecule has 2 heterocycles. The molecule has 0 bridgehead atoms. The molecule has 0 spiro atoms. The molecule has 1 amide bonds. The molecule has 3 aromatic rings. The molecule has 6 heteroatoms. The Hall–Kier alpha value is -2.70. The fourth-order valence-corrected chi connectivity index (χ4v) is 5.34. The summed E-state index contributed by atoms with van der Waals surface area (Å²) in [6, 6.07) is 16.0. The van der Waals surface area contributed by atoms with Crippen molar-refractivity contribution >= 4 is 17.4 Å². The lowest BCUT2D eigenvalue weighted by Crippen LogP contribution is -2.51. The largest absolute Gasteiger partial charge is 0.438 e. The Kier molecular flexibility index (Phi) is 6.10. The number of benzene rings is 2. The predicted octanol–water partition coefficient (Wildman–Crippen LogP) is 6.08. The van der Waals surface area contributed by atoms with E-state index in [1.165, 1.54) is 0 Å². The average Bonchev–Trinajstić information content (AvgIpc) is 3.28. The molecule has 1 aliphatic rings. The highest BCUT2D eigenvalue weighted by Crippen LogP contribution is 2.42. The Bertz CT molecular complexity index is 1080. The van der Waals surface area contributed by atoms with Gasteiger partial charge in [0, 0.05) is 25.6 Å². The minimum absolute atomic E-state index is 0.117. The number of cyclic esters (lactones) is 1. The maximum absolute atomic E-state index is 13.3. The van der Waals surface area contributed by atoms with E-state index >= 15 is 0 Å². The fourth-order valence-electron chi connectivity index (χ4n) is 4.72. The van der Waals surface area contributed by atoms with Crippen molar-refractivity contribution in [1.29, 1.82) is 0 Å². The van der Waals surface area contributed by atoms with Crippen LogP contribution in [-0.4, -0.2) is 33.2 Å². The number of amides is 1. The molecule has 1 saturated heterocycles. The zero-order chi connectivity index (χ0) is 22.9. The van der Waals surface area contributed by atoms with Crippen LogP contribution in [0.2, 0.25) is 0 Å². The maximum atomic E-state index is 13.3. The first-order valence-electron chi connectivity index (χ1n) is 11.0. The lowest BCUT2D eigenvalue weighted by molar-refractivity contribution is -0.101. The van der Waals surface area contributed by atoms with Crippen molar-refractivity contribution in [3.8, 4) is 10.4 Å². The second-order valence-corrected chi connectivity index (χ2v) is 10.2. The van der Waals surface area contributed by atoms with Crippen LogP contribution >= 0.6 is 11.3 Å². The number of nitrogens with zero attached hydrogens (tertiary/aromatic N) is 2. The van der Waals surface area contributed by atoms with Crippen LogP contribution in [-0.2, 0) is 10.3 Å². The minimum atomic E-state index is -0.965. The van der Waals surface area contributed by atoms with Crippen LogP contribution in [0.3, 0.4) is 0 Å². The molecule has 0 radical (unpaired) electrons. The van der Waals surface area contributed by atoms with Gasteiger partial charge in [-0.3, -0.25) is 4.98 Å². The second kappa shape index (κ2) is 8.68. The van der Waals surface area contributed by atoms with Gasteiger partial charge in [-0.25, -0.2) is 4.79 Å². The van der Waals surface area contributed by atoms with E-state index in [9.17, 15) is 9.90 Å². The third-order valence-electron chi connectivity index (χ3n) is 6.20. The van der Waals surface area contributed by atoms with E-state index in [1.807, 2.05) is 49.0 Å². The number of aliphatic hydroxyl groups is 1. The van der Waals surface area contributed by atoms with Gasteiger partial charge in [0.15, 0.2) is 0 Å². The smallest absolute Gasteiger partial charge is 0.411 e. The Balaban J connectivity index is 1.58. The van der Waals surface area contributed by atoms with Crippen molar-refractivity contribution in [1.82, 2.24) is 9.88 Å². The van der Waals surface area contributed by atoms with E-state index in [0.29, 0.717) is 19.4 Å². The van der Waals surface area contributed by atoms with Crippen molar-refractivity contribution in [2.45, 2.75) is 57.8 Å². The molecular weight excluding hydrogens is 420 g/mol. The number of hydrogen-bond donors (Lipinski definition) is 1. The Morgan fingerprint density at radius 1 is 1.25 bits per heavy atom. The molecule has 5 nitrogen and oxygen atoms in total. The summed E-state index contributed by atoms with van der Waals surface area (Å²) in [5.74, 6) is 0. The van der Waals surface area contributed by atoms with Gasteiger partial charge in [0.25, 0.3) is 0 Å². The first-order chi connectivity index (χ1) is 15.2. The van der Waals surface area contributed by atoms with E-state index < -0.39 is 11.2 Å². The molecular formula is C26H30N2O3S. The summed E-state index contributed by atoms with van der Waals surface area (Å²) in [5.41, 5.74) is 4.32. The van der Waals surface area contributed by atoms with Gasteiger partial charge in [-0.1, -0.05) is 48.5 Å². The van der Waals surface area contributed by atoms with Crippen LogP contribution in [0.25, 0.3) is 10.4 Å². The van der Waals surface area contributed by atoms with Crippen LogP contribution in [0.15, 0.2) is 60.2 Å². The summed E-state index contributed by atoms with van der Waals surface area (Å²) in [6.45, 7) is 8.19. The topological polar surface area (TPSA) is 62.7 Å². The number of aromatic nitrogens is 1. The fraction of sp³-hybridized carbons (Fsp3) is 0.385. The van der Waals surface area contributed by atoms with Crippen molar-refractivity contribution < 1.29 is 14.6 Å². The van der Waals surface area contributed by atoms with Gasteiger partial charge in [0.05, 0.1) is 22.0 Å². The molecule has 2 aromatic carbocycles. The summed E-state index contributed by atoms with van der Waals surface area (Å²) in [5, 5.41) is 10.6. The van der Waals surface area contributed by atoms with Gasteiger partial charge in [0.1, 0.15) is 5.60 Å². The van der Waals surface area contributed by atoms with Gasteiger partial charge < -0.3 is 14.7 Å². The SMILES string of the molecule is Cc1cc(-c2cncs2)ccc1[C@H](C)N1CC[C@](CC(C)(C)O)(c2ccccc2)OC1=O. The van der Waals surface area contributed by atoms with Gasteiger partial charge in [-0.2, -0.15) is 0 Å². The summed E-state index contributed by atoms with van der Waals surface area (Å²) >= 11 is 1.61. The molecule has 0 unspecified atom stereocenters. The van der Waals surface area contributed by atoms with Crippen molar-refractivity contribution in [3.05, 3.63) is 76.9 Å². The van der Waals surface area contributed by atoms with E-state index in [4.69, 9.17) is 4.74 Å². The number of carbonyl (C=O) groups excluding carboxylic acids is 1. The molecule has 1 aromatic heterocycles. The molecule has 1 aliphatic heterocycles. The molecule has 168 valence electrons. The molecule has 0 saturated carbocycles. The monoisotopic (exact) mass is 450 g/mol. The first-order valence-corrected chi connectivity index (χ1v) is 11.8. The lowest BCUT2D eigenvalue weighted by atomic mass is 9.80. The van der Waals surface area contributed by atoms with Crippen molar-refractivity contribution in [2.75, 3.05) is 6.54 Å². The van der Waals surface area contributed by atoms with Gasteiger partial charge in [0.2, 0.25) is 0 Å². The van der Waals surface area contributed by atoms with Crippen molar-refractivity contribution in [2.24, 2.45) is 0 Å². The van der Waals surface area contributed by atoms with Crippen LogP contribution < -0.4 is 0 Å². The molecule has 1 N–H and O–H groups in total. The summed E-state index contributed by atoms with van der Waals surface area (Å²) < 4.78 is 6.13. The summed E-state index contributed by atoms with van der Waals surface area (Å²) in [7, 11) is 0. The van der Waals surface area contributed by atoms with Crippen LogP contribution in [0.1, 0.15) is 56.3 Å². The van der Waals surface area contributed by atoms with Crippen LogP contribution in [0.4, 0.5) is 4.79 Å². The Morgan fingerprint density at radius 3 is 2.59 bits per heavy atom. The third kappa shape index (κ3) is 4.57. The standard InChI is InChI=1S/C26H30N2O3S/c1-18-14-20(23-15-27-17-32-23)10-11-22(18)19(2)28-13-12-26(31-24(28)29,16-25(3,4)30)21-8-6-5-7-9-21/h5-11,14-15,17,19,30H,12-13,16H2,1-4H3/t19-,26-/m0/s1. The highest BCUT2D eigenvalue weighted by Gasteiger charge is 2.46. The molecule has 2 atom stereocenters. The molecule has 4 rings (SSSR count). The van der Waals surface area contributed by atoms with Gasteiger partial charge in [-0.05, 0) is 49.9 Å². The molecule has 32 heavy (non-hydrogen) atoms. The van der Waals surface area contributed by atoms with E-state index in [-0.39, 0.29) is 12.1 Å². The average molecular weight is 451 g/mol. The Labute approximate surface area is 193 Å². The predicted molar refractivity (Wildman–Crippen MR) is 128 cm³/mol. The number of thiazole rings is 1. The molecule has 0 aliphatic carbocycles. The molecule has 1 fully saturated rings. The van der Waals surface area contributed by atoms with Crippen LogP contribution in [0.5, 0.6) is 0 Å². The van der Waals surface area contributed by atoms with E-state index in [2.05, 4.69) is 30.1 Å². The Morgan fingerprint density at radius 2 is 2.00 bits per heavy atom. The highest BCUT2D eigenvalue weighted by atomic mass is 32.1. The summed E-state index contributed by atoms with van der Waals surface area (Å²) in [4.78, 5) is 20.3. The number of rotatable bonds is 6. The number of carbonyl (C=O) groups is 1. The number of ether oxygens (including phenoxy) is 1. The number of hydrogen-bond acceptors (Lipinski definition) is 5. The minimum Gasteiger partial charge on any atom is -0.438 e. The van der Waals surface area contributed by atoms with Gasteiger partial charge >= 0.3 is 6.09 Å². The van der Waals surface area contributed by atoms with Crippen molar-refractivity contribution in [3.63, 3.8) is 0 Å². The maximum Gasteiger partial charge on any atom is 0.411 e. The third-order valence-corrected chi connectivity index (χ3v) is 7.02. The zero-order valence-electron chi connectivity index (χ0n) is 19.0. The highest BCUT2D eigenvalue weighted by molar-refractivity contribution is 7.13. The number of aryl methyl sites for hydroxylation is 1. The normalized spacial score (nSPS) is 20.2.